The predicted molar refractivity (Wildman–Crippen MR) is 103 cm³/mol. The maximum absolute atomic E-state index is 5.46. The standard InChI is InChI=1S/C19H27N3O3S/c1-15-14-26-19(20-17-13-16(23-2)5-6-18(17)24-3)22(15)8-4-7-21-9-11-25-12-10-21/h5-6,13-14H,4,7-12H2,1-3H3/p+1. The number of ether oxygens (including phenoxy) is 3. The van der Waals surface area contributed by atoms with Crippen molar-refractivity contribution in [2.24, 2.45) is 4.99 Å². The molecule has 1 aromatic heterocycles. The van der Waals surface area contributed by atoms with Gasteiger partial charge in [0, 0.05) is 30.1 Å². The van der Waals surface area contributed by atoms with Crippen molar-refractivity contribution >= 4 is 17.0 Å². The van der Waals surface area contributed by atoms with Crippen LogP contribution in [0.15, 0.2) is 28.6 Å². The van der Waals surface area contributed by atoms with Crippen molar-refractivity contribution < 1.29 is 19.1 Å². The van der Waals surface area contributed by atoms with Crippen LogP contribution >= 0.6 is 11.3 Å². The number of aryl methyl sites for hydroxylation is 1. The van der Waals surface area contributed by atoms with Crippen LogP contribution in [0.3, 0.4) is 0 Å². The van der Waals surface area contributed by atoms with Gasteiger partial charge < -0.3 is 23.7 Å². The van der Waals surface area contributed by atoms with E-state index in [0.717, 1.165) is 61.3 Å². The summed E-state index contributed by atoms with van der Waals surface area (Å²) < 4.78 is 18.5. The number of nitrogens with zero attached hydrogens (tertiary/aromatic N) is 2. The van der Waals surface area contributed by atoms with Crippen LogP contribution in [0.4, 0.5) is 5.69 Å². The quantitative estimate of drug-likeness (QED) is 0.793. The molecule has 7 heteroatoms. The lowest BCUT2D eigenvalue weighted by Crippen LogP contribution is -3.14. The van der Waals surface area contributed by atoms with Gasteiger partial charge in [0.15, 0.2) is 4.80 Å². The van der Waals surface area contributed by atoms with Gasteiger partial charge in [0.25, 0.3) is 0 Å². The first-order valence-corrected chi connectivity index (χ1v) is 9.92. The molecule has 0 unspecified atom stereocenters. The Morgan fingerprint density at radius 1 is 1.23 bits per heavy atom. The normalized spacial score (nSPS) is 16.0. The van der Waals surface area contributed by atoms with Crippen LogP contribution in [-0.2, 0) is 11.3 Å². The summed E-state index contributed by atoms with van der Waals surface area (Å²) in [6, 6.07) is 5.69. The van der Waals surface area contributed by atoms with Crippen LogP contribution in [-0.4, -0.2) is 51.6 Å². The minimum absolute atomic E-state index is 0.751. The van der Waals surface area contributed by atoms with Gasteiger partial charge in [-0.25, -0.2) is 4.99 Å². The Hall–Kier alpha value is -1.83. The molecule has 6 nitrogen and oxygen atoms in total. The SMILES string of the molecule is COc1ccc(OC)c(N=c2scc(C)n2CCC[NH+]2CCOCC2)c1. The number of nitrogens with one attached hydrogen (secondary N) is 1. The highest BCUT2D eigenvalue weighted by atomic mass is 32.1. The van der Waals surface area contributed by atoms with Gasteiger partial charge in [-0.15, -0.1) is 11.3 Å². The molecule has 0 amide bonds. The maximum atomic E-state index is 5.46. The molecule has 2 aromatic rings. The van der Waals surface area contributed by atoms with Crippen molar-refractivity contribution in [3.05, 3.63) is 34.1 Å². The first-order valence-electron chi connectivity index (χ1n) is 9.04. The van der Waals surface area contributed by atoms with Gasteiger partial charge in [0.1, 0.15) is 30.3 Å². The predicted octanol–water partition coefficient (Wildman–Crippen LogP) is 1.41. The Kier molecular flexibility index (Phi) is 6.71. The molecule has 0 radical (unpaired) electrons. The fourth-order valence-electron chi connectivity index (χ4n) is 3.16. The van der Waals surface area contributed by atoms with Crippen molar-refractivity contribution in [2.45, 2.75) is 19.9 Å². The largest absolute Gasteiger partial charge is 0.497 e. The van der Waals surface area contributed by atoms with Crippen molar-refractivity contribution in [3.8, 4) is 11.5 Å². The number of hydrogen-bond donors (Lipinski definition) is 1. The van der Waals surface area contributed by atoms with Gasteiger partial charge in [0.2, 0.25) is 0 Å². The summed E-state index contributed by atoms with van der Waals surface area (Å²) in [7, 11) is 3.33. The molecule has 0 aliphatic carbocycles. The average Bonchev–Trinajstić information content (AvgIpc) is 3.02. The number of rotatable bonds is 7. The molecule has 0 bridgehead atoms. The molecular formula is C19H28N3O3S+. The summed E-state index contributed by atoms with van der Waals surface area (Å²) >= 11 is 1.66. The molecule has 1 aromatic carbocycles. The zero-order valence-electron chi connectivity index (χ0n) is 15.8. The van der Waals surface area contributed by atoms with Crippen molar-refractivity contribution in [1.82, 2.24) is 4.57 Å². The zero-order chi connectivity index (χ0) is 18.4. The molecule has 142 valence electrons. The average molecular weight is 379 g/mol. The van der Waals surface area contributed by atoms with E-state index in [4.69, 9.17) is 19.2 Å². The topological polar surface area (TPSA) is 49.4 Å². The number of benzene rings is 1. The highest BCUT2D eigenvalue weighted by Crippen LogP contribution is 2.31. The molecule has 1 N–H and O–H groups in total. The lowest BCUT2D eigenvalue weighted by Gasteiger charge is -2.23. The second kappa shape index (κ2) is 9.21. The number of quaternary nitrogens is 1. The van der Waals surface area contributed by atoms with E-state index < -0.39 is 0 Å². The smallest absolute Gasteiger partial charge is 0.190 e. The van der Waals surface area contributed by atoms with E-state index in [2.05, 4.69) is 16.9 Å². The molecule has 26 heavy (non-hydrogen) atoms. The highest BCUT2D eigenvalue weighted by Gasteiger charge is 2.13. The number of thiazole rings is 1. The molecule has 1 aliphatic heterocycles. The van der Waals surface area contributed by atoms with E-state index in [1.54, 1.807) is 30.5 Å². The first-order chi connectivity index (χ1) is 12.7. The minimum atomic E-state index is 0.751. The Morgan fingerprint density at radius 2 is 2.04 bits per heavy atom. The van der Waals surface area contributed by atoms with Gasteiger partial charge in [-0.2, -0.15) is 0 Å². The number of morpholine rings is 1. The van der Waals surface area contributed by atoms with E-state index >= 15 is 0 Å². The van der Waals surface area contributed by atoms with Crippen molar-refractivity contribution in [3.63, 3.8) is 0 Å². The maximum Gasteiger partial charge on any atom is 0.190 e. The van der Waals surface area contributed by atoms with Gasteiger partial charge >= 0.3 is 0 Å². The van der Waals surface area contributed by atoms with Gasteiger partial charge in [-0.3, -0.25) is 0 Å². The molecule has 2 heterocycles. The second-order valence-corrected chi connectivity index (χ2v) is 7.26. The lowest BCUT2D eigenvalue weighted by atomic mass is 10.3. The molecule has 0 saturated carbocycles. The molecule has 0 spiro atoms. The van der Waals surface area contributed by atoms with Gasteiger partial charge in [-0.05, 0) is 19.1 Å². The molecule has 1 aliphatic rings. The molecular weight excluding hydrogens is 350 g/mol. The third kappa shape index (κ3) is 4.66. The van der Waals surface area contributed by atoms with Crippen LogP contribution in [0.25, 0.3) is 0 Å². The fraction of sp³-hybridized carbons (Fsp3) is 0.526. The second-order valence-electron chi connectivity index (χ2n) is 6.43. The summed E-state index contributed by atoms with van der Waals surface area (Å²) in [5.74, 6) is 1.53. The van der Waals surface area contributed by atoms with E-state index in [9.17, 15) is 0 Å². The summed E-state index contributed by atoms with van der Waals surface area (Å²) in [4.78, 5) is 7.48. The Labute approximate surface area is 158 Å². The first kappa shape index (κ1) is 18.9. The van der Waals surface area contributed by atoms with Crippen LogP contribution in [0, 0.1) is 6.92 Å². The van der Waals surface area contributed by atoms with E-state index in [0.29, 0.717) is 0 Å². The lowest BCUT2D eigenvalue weighted by molar-refractivity contribution is -0.908. The van der Waals surface area contributed by atoms with Crippen molar-refractivity contribution in [1.29, 1.82) is 0 Å². The Balaban J connectivity index is 1.77. The summed E-state index contributed by atoms with van der Waals surface area (Å²) in [6.07, 6.45) is 1.13. The molecule has 1 fully saturated rings. The van der Waals surface area contributed by atoms with Gasteiger partial charge in [-0.1, -0.05) is 0 Å². The summed E-state index contributed by atoms with van der Waals surface area (Å²) in [5, 5.41) is 2.16. The molecule has 0 atom stereocenters. The van der Waals surface area contributed by atoms with Crippen LogP contribution in [0.1, 0.15) is 12.1 Å². The van der Waals surface area contributed by atoms with Crippen molar-refractivity contribution in [2.75, 3.05) is 47.1 Å². The summed E-state index contributed by atoms with van der Waals surface area (Å²) in [6.45, 7) is 8.29. The highest BCUT2D eigenvalue weighted by molar-refractivity contribution is 7.07. The minimum Gasteiger partial charge on any atom is -0.497 e. The third-order valence-corrected chi connectivity index (χ3v) is 5.69. The Bertz CT molecular complexity index is 779. The summed E-state index contributed by atoms with van der Waals surface area (Å²) in [5.41, 5.74) is 2.04. The van der Waals surface area contributed by atoms with Crippen LogP contribution < -0.4 is 19.2 Å². The van der Waals surface area contributed by atoms with Gasteiger partial charge in [0.05, 0.1) is 34.0 Å². The number of methoxy groups -OCH3 is 2. The number of hydrogen-bond acceptors (Lipinski definition) is 5. The Morgan fingerprint density at radius 3 is 2.77 bits per heavy atom. The van der Waals surface area contributed by atoms with E-state index in [1.807, 2.05) is 18.2 Å². The van der Waals surface area contributed by atoms with Crippen LogP contribution in [0.2, 0.25) is 0 Å². The molecule has 1 saturated heterocycles. The number of aromatic nitrogens is 1. The van der Waals surface area contributed by atoms with E-state index in [1.165, 1.54) is 12.2 Å². The zero-order valence-corrected chi connectivity index (χ0v) is 16.6. The fourth-order valence-corrected chi connectivity index (χ4v) is 4.08. The van der Waals surface area contributed by atoms with E-state index in [-0.39, 0.29) is 0 Å². The monoisotopic (exact) mass is 378 g/mol. The van der Waals surface area contributed by atoms with Crippen LogP contribution in [0.5, 0.6) is 11.5 Å². The third-order valence-electron chi connectivity index (χ3n) is 4.71. The molecule has 3 rings (SSSR count).